The molecule has 1 aliphatic carbocycles. The number of urea groups is 1. The first kappa shape index (κ1) is 15.5. The molecule has 0 radical (unpaired) electrons. The summed E-state index contributed by atoms with van der Waals surface area (Å²) < 4.78 is 0. The number of carbonyl (C=O) groups excluding carboxylic acids is 1. The molecule has 2 rings (SSSR count). The van der Waals surface area contributed by atoms with E-state index < -0.39 is 12.0 Å². The van der Waals surface area contributed by atoms with Gasteiger partial charge in [-0.05, 0) is 24.7 Å². The van der Waals surface area contributed by atoms with Gasteiger partial charge in [-0.1, -0.05) is 26.7 Å². The summed E-state index contributed by atoms with van der Waals surface area (Å²) in [5.74, 6) is 1.10. The van der Waals surface area contributed by atoms with Crippen molar-refractivity contribution in [2.45, 2.75) is 51.6 Å². The van der Waals surface area contributed by atoms with E-state index in [1.165, 1.54) is 23.1 Å². The fourth-order valence-electron chi connectivity index (χ4n) is 3.23. The molecule has 114 valence electrons. The predicted octanol–water partition coefficient (Wildman–Crippen LogP) is 2.37. The summed E-state index contributed by atoms with van der Waals surface area (Å²) in [6.07, 6.45) is 4.53. The van der Waals surface area contributed by atoms with Crippen LogP contribution in [0.5, 0.6) is 0 Å². The molecule has 2 amide bonds. The number of hydrogen-bond acceptors (Lipinski definition) is 3. The Morgan fingerprint density at radius 1 is 1.30 bits per heavy atom. The Kier molecular flexibility index (Phi) is 5.18. The zero-order valence-corrected chi connectivity index (χ0v) is 13.0. The fourth-order valence-corrected chi connectivity index (χ4v) is 4.37. The molecule has 1 saturated heterocycles. The summed E-state index contributed by atoms with van der Waals surface area (Å²) in [4.78, 5) is 24.9. The lowest BCUT2D eigenvalue weighted by Crippen LogP contribution is -2.52. The van der Waals surface area contributed by atoms with Crippen molar-refractivity contribution in [3.05, 3.63) is 0 Å². The SMILES string of the molecule is CC(C)C1CCCCC1NC(=O)N1CSCC1C(=O)O. The highest BCUT2D eigenvalue weighted by atomic mass is 32.2. The predicted molar refractivity (Wildman–Crippen MR) is 79.7 cm³/mol. The standard InChI is InChI=1S/C14H24N2O3S/c1-9(2)10-5-3-4-6-11(10)15-14(19)16-8-20-7-12(16)13(17)18/h9-12H,3-8H2,1-2H3,(H,15,19)(H,17,18). The largest absolute Gasteiger partial charge is 0.480 e. The lowest BCUT2D eigenvalue weighted by atomic mass is 9.78. The highest BCUT2D eigenvalue weighted by Crippen LogP contribution is 2.30. The minimum atomic E-state index is -0.908. The van der Waals surface area contributed by atoms with Crippen LogP contribution in [0.4, 0.5) is 4.79 Å². The average molecular weight is 300 g/mol. The first-order chi connectivity index (χ1) is 9.50. The van der Waals surface area contributed by atoms with Crippen LogP contribution in [0.25, 0.3) is 0 Å². The lowest BCUT2D eigenvalue weighted by Gasteiger charge is -2.36. The fraction of sp³-hybridized carbons (Fsp3) is 0.857. The van der Waals surface area contributed by atoms with E-state index >= 15 is 0 Å². The van der Waals surface area contributed by atoms with E-state index in [1.54, 1.807) is 0 Å². The number of amides is 2. The van der Waals surface area contributed by atoms with Crippen LogP contribution < -0.4 is 5.32 Å². The summed E-state index contributed by atoms with van der Waals surface area (Å²) in [5.41, 5.74) is 0. The number of carboxylic acid groups (broad SMARTS) is 1. The van der Waals surface area contributed by atoms with Crippen LogP contribution in [0.3, 0.4) is 0 Å². The first-order valence-electron chi connectivity index (χ1n) is 7.38. The number of carboxylic acids is 1. The van der Waals surface area contributed by atoms with E-state index in [0.29, 0.717) is 23.5 Å². The maximum absolute atomic E-state index is 12.3. The number of rotatable bonds is 3. The minimum absolute atomic E-state index is 0.191. The number of nitrogens with zero attached hydrogens (tertiary/aromatic N) is 1. The van der Waals surface area contributed by atoms with Gasteiger partial charge in [0.1, 0.15) is 6.04 Å². The lowest BCUT2D eigenvalue weighted by molar-refractivity contribution is -0.140. The van der Waals surface area contributed by atoms with E-state index in [0.717, 1.165) is 19.3 Å². The monoisotopic (exact) mass is 300 g/mol. The Morgan fingerprint density at radius 3 is 2.65 bits per heavy atom. The summed E-state index contributed by atoms with van der Waals surface area (Å²) >= 11 is 1.50. The molecule has 0 spiro atoms. The number of hydrogen-bond donors (Lipinski definition) is 2. The summed E-state index contributed by atoms with van der Waals surface area (Å²) in [6.45, 7) is 4.39. The van der Waals surface area contributed by atoms with Gasteiger partial charge in [0.05, 0.1) is 5.88 Å². The molecule has 0 aromatic heterocycles. The molecule has 1 aliphatic heterocycles. The van der Waals surface area contributed by atoms with E-state index in [1.807, 2.05) is 0 Å². The molecule has 1 saturated carbocycles. The third-order valence-electron chi connectivity index (χ3n) is 4.41. The van der Waals surface area contributed by atoms with Crippen molar-refractivity contribution < 1.29 is 14.7 Å². The minimum Gasteiger partial charge on any atom is -0.480 e. The molecule has 0 bridgehead atoms. The van der Waals surface area contributed by atoms with Crippen LogP contribution in [0.15, 0.2) is 0 Å². The Bertz CT molecular complexity index is 375. The van der Waals surface area contributed by atoms with Crippen molar-refractivity contribution >= 4 is 23.8 Å². The van der Waals surface area contributed by atoms with Gasteiger partial charge in [0.25, 0.3) is 0 Å². The molecular weight excluding hydrogens is 276 g/mol. The third kappa shape index (κ3) is 3.40. The smallest absolute Gasteiger partial charge is 0.327 e. The molecule has 0 aromatic carbocycles. The van der Waals surface area contributed by atoms with Crippen LogP contribution in [0, 0.1) is 11.8 Å². The molecule has 3 unspecified atom stereocenters. The zero-order chi connectivity index (χ0) is 14.7. The maximum atomic E-state index is 12.3. The highest BCUT2D eigenvalue weighted by molar-refractivity contribution is 7.99. The summed E-state index contributed by atoms with van der Waals surface area (Å²) in [6, 6.07) is -0.697. The van der Waals surface area contributed by atoms with Gasteiger partial charge in [-0.25, -0.2) is 9.59 Å². The van der Waals surface area contributed by atoms with E-state index in [9.17, 15) is 9.59 Å². The maximum Gasteiger partial charge on any atom is 0.327 e. The van der Waals surface area contributed by atoms with Gasteiger partial charge < -0.3 is 15.3 Å². The molecule has 20 heavy (non-hydrogen) atoms. The number of carbonyl (C=O) groups is 2. The van der Waals surface area contributed by atoms with Crippen LogP contribution in [-0.4, -0.2) is 45.7 Å². The van der Waals surface area contributed by atoms with Crippen LogP contribution in [-0.2, 0) is 4.79 Å². The Labute approximate surface area is 124 Å². The Hall–Kier alpha value is -0.910. The second kappa shape index (κ2) is 6.70. The molecule has 5 nitrogen and oxygen atoms in total. The van der Waals surface area contributed by atoms with E-state index in [2.05, 4.69) is 19.2 Å². The van der Waals surface area contributed by atoms with Crippen molar-refractivity contribution in [3.63, 3.8) is 0 Å². The van der Waals surface area contributed by atoms with Crippen LogP contribution in [0.2, 0.25) is 0 Å². The van der Waals surface area contributed by atoms with Gasteiger partial charge in [0.2, 0.25) is 0 Å². The topological polar surface area (TPSA) is 69.6 Å². The summed E-state index contributed by atoms with van der Waals surface area (Å²) in [5, 5.41) is 12.2. The van der Waals surface area contributed by atoms with Gasteiger partial charge in [-0.2, -0.15) is 0 Å². The molecule has 6 heteroatoms. The molecular formula is C14H24N2O3S. The van der Waals surface area contributed by atoms with Gasteiger partial charge in [0, 0.05) is 11.8 Å². The molecule has 2 fully saturated rings. The van der Waals surface area contributed by atoms with Crippen molar-refractivity contribution in [1.82, 2.24) is 10.2 Å². The van der Waals surface area contributed by atoms with Gasteiger partial charge in [0.15, 0.2) is 0 Å². The molecule has 3 atom stereocenters. The van der Waals surface area contributed by atoms with Gasteiger partial charge >= 0.3 is 12.0 Å². The summed E-state index contributed by atoms with van der Waals surface area (Å²) in [7, 11) is 0. The molecule has 2 aliphatic rings. The first-order valence-corrected chi connectivity index (χ1v) is 8.54. The average Bonchev–Trinajstić information content (AvgIpc) is 2.88. The van der Waals surface area contributed by atoms with Crippen LogP contribution >= 0.6 is 11.8 Å². The second-order valence-electron chi connectivity index (χ2n) is 6.07. The Balaban J connectivity index is 1.97. The van der Waals surface area contributed by atoms with Crippen molar-refractivity contribution in [1.29, 1.82) is 0 Å². The second-order valence-corrected chi connectivity index (χ2v) is 7.07. The molecule has 1 heterocycles. The number of aliphatic carboxylic acids is 1. The van der Waals surface area contributed by atoms with Crippen molar-refractivity contribution in [3.8, 4) is 0 Å². The zero-order valence-electron chi connectivity index (χ0n) is 12.2. The normalized spacial score (nSPS) is 30.6. The highest BCUT2D eigenvalue weighted by Gasteiger charge is 2.37. The van der Waals surface area contributed by atoms with Gasteiger partial charge in [-0.3, -0.25) is 0 Å². The molecule has 0 aromatic rings. The van der Waals surface area contributed by atoms with Crippen LogP contribution in [0.1, 0.15) is 39.5 Å². The number of nitrogens with one attached hydrogen (secondary N) is 1. The van der Waals surface area contributed by atoms with E-state index in [-0.39, 0.29) is 12.1 Å². The quantitative estimate of drug-likeness (QED) is 0.839. The Morgan fingerprint density at radius 2 is 2.00 bits per heavy atom. The number of thioether (sulfide) groups is 1. The van der Waals surface area contributed by atoms with Gasteiger partial charge in [-0.15, -0.1) is 11.8 Å². The van der Waals surface area contributed by atoms with Crippen molar-refractivity contribution in [2.24, 2.45) is 11.8 Å². The molecule has 2 N–H and O–H groups in total. The van der Waals surface area contributed by atoms with Crippen molar-refractivity contribution in [2.75, 3.05) is 11.6 Å². The van der Waals surface area contributed by atoms with E-state index in [4.69, 9.17) is 5.11 Å². The third-order valence-corrected chi connectivity index (χ3v) is 5.43.